The van der Waals surface area contributed by atoms with E-state index in [1.807, 2.05) is 54.3 Å². The minimum atomic E-state index is -1.15. The lowest BCUT2D eigenvalue weighted by Gasteiger charge is -2.34. The Morgan fingerprint density at radius 3 is 2.71 bits per heavy atom. The first-order valence-corrected chi connectivity index (χ1v) is 18.6. The van der Waals surface area contributed by atoms with Crippen molar-refractivity contribution in [1.29, 1.82) is 0 Å². The van der Waals surface area contributed by atoms with E-state index in [4.69, 9.17) is 35.8 Å². The van der Waals surface area contributed by atoms with Gasteiger partial charge in [0.15, 0.2) is 0 Å². The molecule has 2 saturated heterocycles. The van der Waals surface area contributed by atoms with Gasteiger partial charge in [0.25, 0.3) is 0 Å². The molecular formula is C31H35ClN6O3Si. The van der Waals surface area contributed by atoms with Crippen molar-refractivity contribution in [2.45, 2.75) is 64.8 Å². The van der Waals surface area contributed by atoms with E-state index in [-0.39, 0.29) is 5.41 Å². The van der Waals surface area contributed by atoms with Gasteiger partial charge in [-0.25, -0.2) is 9.97 Å². The van der Waals surface area contributed by atoms with E-state index in [0.29, 0.717) is 40.4 Å². The third kappa shape index (κ3) is 5.32. The van der Waals surface area contributed by atoms with Crippen LogP contribution in [0.2, 0.25) is 30.7 Å². The summed E-state index contributed by atoms with van der Waals surface area (Å²) in [6, 6.07) is 10.7. The van der Waals surface area contributed by atoms with E-state index >= 15 is 0 Å². The molecule has 5 heterocycles. The molecule has 1 aliphatic carbocycles. The van der Waals surface area contributed by atoms with Gasteiger partial charge in [-0.15, -0.1) is 0 Å². The maximum absolute atomic E-state index is 6.87. The second kappa shape index (κ2) is 10.4. The van der Waals surface area contributed by atoms with Crippen molar-refractivity contribution >= 4 is 41.7 Å². The molecule has 0 spiro atoms. The van der Waals surface area contributed by atoms with E-state index < -0.39 is 8.07 Å². The maximum Gasteiger partial charge on any atom is 0.148 e. The highest BCUT2D eigenvalue weighted by atomic mass is 35.5. The standard InChI is InChI=1S/C31H35ClN6O3Si/c1-20-35-24-6-5-22(11-27(24)38(20)19-39-9-10-42(2,3)4)41-28-8-7-25-30(29(28)32)36-26(15-33-25)21-14-34-37(16-21)17-31-12-23(13-31)40-18-31/h5-8,11,14-16,23H,9-10,12-13,17-19H2,1-4H3. The molecule has 2 aliphatic heterocycles. The third-order valence-corrected chi connectivity index (χ3v) is 10.4. The van der Waals surface area contributed by atoms with Gasteiger partial charge in [0.05, 0.1) is 47.3 Å². The molecule has 0 unspecified atom stereocenters. The van der Waals surface area contributed by atoms with Gasteiger partial charge in [0, 0.05) is 44.5 Å². The summed E-state index contributed by atoms with van der Waals surface area (Å²) in [6.45, 7) is 11.9. The summed E-state index contributed by atoms with van der Waals surface area (Å²) in [5, 5.41) is 5.00. The Balaban J connectivity index is 1.11. The number of hydrogen-bond acceptors (Lipinski definition) is 7. The van der Waals surface area contributed by atoms with Crippen molar-refractivity contribution < 1.29 is 14.2 Å². The number of nitrogens with zero attached hydrogens (tertiary/aromatic N) is 6. The van der Waals surface area contributed by atoms with Crippen LogP contribution in [0.1, 0.15) is 18.7 Å². The second-order valence-corrected chi connectivity index (χ2v) is 19.0. The van der Waals surface area contributed by atoms with Crippen LogP contribution in [0.25, 0.3) is 33.3 Å². The van der Waals surface area contributed by atoms with Gasteiger partial charge in [-0.3, -0.25) is 9.67 Å². The van der Waals surface area contributed by atoms with Crippen LogP contribution < -0.4 is 4.74 Å². The van der Waals surface area contributed by atoms with Crippen LogP contribution >= 0.6 is 11.6 Å². The average Bonchev–Trinajstić information content (AvgIpc) is 3.72. The van der Waals surface area contributed by atoms with Gasteiger partial charge in [-0.1, -0.05) is 31.2 Å². The van der Waals surface area contributed by atoms with E-state index in [2.05, 4.69) is 34.3 Å². The summed E-state index contributed by atoms with van der Waals surface area (Å²) in [5.41, 5.74) is 4.99. The van der Waals surface area contributed by atoms with Crippen LogP contribution in [0, 0.1) is 12.3 Å². The molecule has 3 aromatic heterocycles. The Hall–Kier alpha value is -3.31. The monoisotopic (exact) mass is 602 g/mol. The minimum Gasteiger partial charge on any atom is -0.456 e. The average molecular weight is 603 g/mol. The molecule has 0 atom stereocenters. The molecule has 218 valence electrons. The Morgan fingerprint density at radius 2 is 1.93 bits per heavy atom. The molecule has 0 radical (unpaired) electrons. The Morgan fingerprint density at radius 1 is 1.10 bits per heavy atom. The smallest absolute Gasteiger partial charge is 0.148 e. The summed E-state index contributed by atoms with van der Waals surface area (Å²) in [5.74, 6) is 2.07. The molecule has 8 rings (SSSR count). The highest BCUT2D eigenvalue weighted by Gasteiger charge is 2.52. The number of hydrogen-bond donors (Lipinski definition) is 0. The first-order valence-electron chi connectivity index (χ1n) is 14.5. The fraction of sp³-hybridized carbons (Fsp3) is 0.419. The lowest BCUT2D eigenvalue weighted by molar-refractivity contribution is 0.0885. The first-order chi connectivity index (χ1) is 20.1. The second-order valence-electron chi connectivity index (χ2n) is 13.0. The SMILES string of the molecule is Cc1nc2ccc(Oc3ccc4ncc(-c5cnn(CC67COC(C6)C7)c5)nc4c3Cl)cc2n1COCC[Si](C)(C)C. The normalized spacial score (nSPS) is 20.0. The van der Waals surface area contributed by atoms with Gasteiger partial charge < -0.3 is 18.8 Å². The van der Waals surface area contributed by atoms with Crippen LogP contribution in [-0.2, 0) is 22.7 Å². The first kappa shape index (κ1) is 27.5. The molecule has 3 aliphatic rings. The summed E-state index contributed by atoms with van der Waals surface area (Å²) in [7, 11) is -1.15. The summed E-state index contributed by atoms with van der Waals surface area (Å²) in [6.07, 6.45) is 8.31. The maximum atomic E-state index is 6.87. The molecule has 3 fully saturated rings. The highest BCUT2D eigenvalue weighted by Crippen LogP contribution is 2.51. The zero-order valence-corrected chi connectivity index (χ0v) is 26.2. The van der Waals surface area contributed by atoms with Gasteiger partial charge in [0.1, 0.15) is 34.6 Å². The van der Waals surface area contributed by atoms with Crippen molar-refractivity contribution in [2.75, 3.05) is 13.2 Å². The third-order valence-electron chi connectivity index (χ3n) is 8.35. The highest BCUT2D eigenvalue weighted by molar-refractivity contribution is 6.76. The number of halogens is 1. The van der Waals surface area contributed by atoms with Crippen molar-refractivity contribution in [1.82, 2.24) is 29.3 Å². The van der Waals surface area contributed by atoms with E-state index in [1.54, 1.807) is 6.20 Å². The zero-order chi connectivity index (χ0) is 29.1. The quantitative estimate of drug-likeness (QED) is 0.124. The fourth-order valence-corrected chi connectivity index (χ4v) is 6.89. The molecule has 2 aromatic carbocycles. The Kier molecular flexibility index (Phi) is 6.84. The summed E-state index contributed by atoms with van der Waals surface area (Å²) in [4.78, 5) is 14.2. The van der Waals surface area contributed by atoms with E-state index in [1.165, 1.54) is 0 Å². The molecule has 5 aromatic rings. The summed E-state index contributed by atoms with van der Waals surface area (Å²) < 4.78 is 22.2. The topological polar surface area (TPSA) is 89.1 Å². The Bertz CT molecular complexity index is 1780. The van der Waals surface area contributed by atoms with Crippen molar-refractivity contribution in [3.63, 3.8) is 0 Å². The fourth-order valence-electron chi connectivity index (χ4n) is 5.89. The van der Waals surface area contributed by atoms with Crippen LogP contribution in [0.15, 0.2) is 48.9 Å². The lowest BCUT2D eigenvalue weighted by atomic mass is 9.70. The van der Waals surface area contributed by atoms with Crippen molar-refractivity contribution in [3.8, 4) is 22.8 Å². The molecule has 1 saturated carbocycles. The van der Waals surface area contributed by atoms with Crippen LogP contribution in [-0.4, -0.2) is 56.7 Å². The van der Waals surface area contributed by atoms with E-state index in [9.17, 15) is 0 Å². The van der Waals surface area contributed by atoms with E-state index in [0.717, 1.165) is 66.8 Å². The number of aromatic nitrogens is 6. The molecule has 0 amide bonds. The Labute approximate surface area is 250 Å². The largest absolute Gasteiger partial charge is 0.456 e. The lowest BCUT2D eigenvalue weighted by Crippen LogP contribution is -2.36. The van der Waals surface area contributed by atoms with Gasteiger partial charge in [0.2, 0.25) is 0 Å². The predicted octanol–water partition coefficient (Wildman–Crippen LogP) is 7.09. The molecule has 0 N–H and O–H groups in total. The number of benzene rings is 2. The zero-order valence-electron chi connectivity index (χ0n) is 24.4. The number of aryl methyl sites for hydroxylation is 1. The number of imidazole rings is 1. The summed E-state index contributed by atoms with van der Waals surface area (Å²) >= 11 is 6.87. The van der Waals surface area contributed by atoms with Gasteiger partial charge in [-0.2, -0.15) is 5.10 Å². The molecule has 2 bridgehead atoms. The molecular weight excluding hydrogens is 568 g/mol. The molecule has 11 heteroatoms. The molecule has 9 nitrogen and oxygen atoms in total. The van der Waals surface area contributed by atoms with Crippen molar-refractivity contribution in [3.05, 3.63) is 59.8 Å². The predicted molar refractivity (Wildman–Crippen MR) is 166 cm³/mol. The minimum absolute atomic E-state index is 0.235. The van der Waals surface area contributed by atoms with Crippen LogP contribution in [0.3, 0.4) is 0 Å². The van der Waals surface area contributed by atoms with Crippen LogP contribution in [0.5, 0.6) is 11.5 Å². The number of fused-ring (bicyclic) bond motifs is 3. The van der Waals surface area contributed by atoms with Gasteiger partial charge in [-0.05, 0) is 50.1 Å². The van der Waals surface area contributed by atoms with Gasteiger partial charge >= 0.3 is 0 Å². The van der Waals surface area contributed by atoms with Crippen molar-refractivity contribution in [2.24, 2.45) is 5.41 Å². The molecule has 42 heavy (non-hydrogen) atoms. The number of ether oxygens (including phenoxy) is 3. The number of rotatable bonds is 10. The van der Waals surface area contributed by atoms with Crippen LogP contribution in [0.4, 0.5) is 0 Å².